The molecule has 176 valence electrons. The Balaban J connectivity index is 1.89. The maximum Gasteiger partial charge on any atom is 0.336 e. The van der Waals surface area contributed by atoms with Crippen LogP contribution in [0.4, 0.5) is 0 Å². The minimum Gasteiger partial charge on any atom is -0.424 e. The molecule has 0 amide bonds. The van der Waals surface area contributed by atoms with Crippen LogP contribution in [0.1, 0.15) is 44.2 Å². The molecule has 0 aliphatic rings. The number of hydrogen-bond donors (Lipinski definition) is 1. The van der Waals surface area contributed by atoms with Gasteiger partial charge in [-0.2, -0.15) is 4.72 Å². The second-order valence-corrected chi connectivity index (χ2v) is 9.94. The Bertz CT molecular complexity index is 1320. The lowest BCUT2D eigenvalue weighted by Crippen LogP contribution is -2.42. The highest BCUT2D eigenvalue weighted by Crippen LogP contribution is 2.32. The smallest absolute Gasteiger partial charge is 0.336 e. The normalized spacial score (nSPS) is 12.6. The van der Waals surface area contributed by atoms with Gasteiger partial charge in [-0.3, -0.25) is 0 Å². The first-order valence-electron chi connectivity index (χ1n) is 10.7. The number of nitrogens with one attached hydrogen (secondary N) is 1. The highest BCUT2D eigenvalue weighted by atomic mass is 35.5. The van der Waals surface area contributed by atoms with Crippen LogP contribution in [0.3, 0.4) is 0 Å². The van der Waals surface area contributed by atoms with E-state index >= 15 is 0 Å². The summed E-state index contributed by atoms with van der Waals surface area (Å²) >= 11 is 6.35. The van der Waals surface area contributed by atoms with E-state index in [-0.39, 0.29) is 27.7 Å². The number of hydrogen-bond acceptors (Lipinski definition) is 6. The molecule has 0 unspecified atom stereocenters. The van der Waals surface area contributed by atoms with Gasteiger partial charge in [-0.15, -0.1) is 0 Å². The Kier molecular flexibility index (Phi) is 7.94. The van der Waals surface area contributed by atoms with E-state index in [2.05, 4.69) is 4.72 Å². The summed E-state index contributed by atoms with van der Waals surface area (Å²) in [5, 5.41) is 0.810. The summed E-state index contributed by atoms with van der Waals surface area (Å²) in [6.45, 7) is 5.67. The maximum atomic E-state index is 12.9. The zero-order valence-electron chi connectivity index (χ0n) is 18.7. The highest BCUT2D eigenvalue weighted by molar-refractivity contribution is 7.89. The van der Waals surface area contributed by atoms with Crippen molar-refractivity contribution in [2.24, 2.45) is 0 Å². The Morgan fingerprint density at radius 1 is 1.12 bits per heavy atom. The Hall–Kier alpha value is -2.68. The molecule has 1 aromatic heterocycles. The van der Waals surface area contributed by atoms with Crippen molar-refractivity contribution in [2.45, 2.75) is 57.4 Å². The van der Waals surface area contributed by atoms with Crippen molar-refractivity contribution in [3.05, 3.63) is 69.0 Å². The summed E-state index contributed by atoms with van der Waals surface area (Å²) in [5.74, 6) is -0.817. The molecule has 3 rings (SSSR count). The fraction of sp³-hybridized carbons (Fsp3) is 0.333. The molecule has 7 nitrogen and oxygen atoms in total. The van der Waals surface area contributed by atoms with E-state index in [1.54, 1.807) is 18.2 Å². The van der Waals surface area contributed by atoms with Gasteiger partial charge in [-0.25, -0.2) is 18.0 Å². The van der Waals surface area contributed by atoms with Crippen LogP contribution in [-0.4, -0.2) is 20.4 Å². The molecule has 9 heteroatoms. The van der Waals surface area contributed by atoms with Crippen LogP contribution in [0.25, 0.3) is 11.0 Å². The molecule has 1 N–H and O–H groups in total. The van der Waals surface area contributed by atoms with Crippen molar-refractivity contribution >= 4 is 38.6 Å². The Labute approximate surface area is 197 Å². The summed E-state index contributed by atoms with van der Waals surface area (Å²) in [6, 6.07) is 9.57. The van der Waals surface area contributed by atoms with E-state index in [0.717, 1.165) is 17.5 Å². The van der Waals surface area contributed by atoms with Crippen molar-refractivity contribution in [2.75, 3.05) is 0 Å². The SMILES string of the molecule is CCCc1cc(=O)oc2cc(OC(=O)[C@H](CCC)NS(=O)(=O)c3ccc(C)cc3)c(Cl)cc12. The average molecular weight is 492 g/mol. The molecule has 33 heavy (non-hydrogen) atoms. The molecule has 3 aromatic rings. The number of halogens is 1. The van der Waals surface area contributed by atoms with Gasteiger partial charge in [0.2, 0.25) is 10.0 Å². The highest BCUT2D eigenvalue weighted by Gasteiger charge is 2.27. The third-order valence-electron chi connectivity index (χ3n) is 5.10. The molecular formula is C24H26ClNO6S. The lowest BCUT2D eigenvalue weighted by molar-refractivity contribution is -0.136. The van der Waals surface area contributed by atoms with E-state index in [4.69, 9.17) is 20.8 Å². The molecule has 1 heterocycles. The quantitative estimate of drug-likeness (QED) is 0.263. The fourth-order valence-electron chi connectivity index (χ4n) is 3.45. The number of benzene rings is 2. The molecule has 0 aliphatic heterocycles. The largest absolute Gasteiger partial charge is 0.424 e. The molecule has 1 atom stereocenters. The Morgan fingerprint density at radius 2 is 1.82 bits per heavy atom. The molecular weight excluding hydrogens is 466 g/mol. The number of esters is 1. The molecule has 0 aliphatic carbocycles. The number of carbonyl (C=O) groups is 1. The minimum absolute atomic E-state index is 0.0124. The summed E-state index contributed by atoms with van der Waals surface area (Å²) in [6.07, 6.45) is 2.26. The maximum absolute atomic E-state index is 12.9. The van der Waals surface area contributed by atoms with Gasteiger partial charge >= 0.3 is 11.6 Å². The zero-order chi connectivity index (χ0) is 24.2. The third kappa shape index (κ3) is 6.01. The number of aryl methyl sites for hydroxylation is 2. The van der Waals surface area contributed by atoms with E-state index in [1.165, 1.54) is 24.3 Å². The molecule has 0 bridgehead atoms. The standard InChI is InChI=1S/C24H26ClNO6S/c1-4-6-16-12-23(27)31-21-14-22(19(25)13-18(16)21)32-24(28)20(7-5-2)26-33(29,30)17-10-8-15(3)9-11-17/h8-14,20,26H,4-7H2,1-3H3/t20-/m0/s1. The van der Waals surface area contributed by atoms with Gasteiger partial charge in [0, 0.05) is 17.5 Å². The zero-order valence-corrected chi connectivity index (χ0v) is 20.3. The predicted octanol–water partition coefficient (Wildman–Crippen LogP) is 4.76. The third-order valence-corrected chi connectivity index (χ3v) is 6.89. The molecule has 0 radical (unpaired) electrons. The van der Waals surface area contributed by atoms with Crippen molar-refractivity contribution < 1.29 is 22.4 Å². The predicted molar refractivity (Wildman–Crippen MR) is 127 cm³/mol. The lowest BCUT2D eigenvalue weighted by Gasteiger charge is -2.18. The van der Waals surface area contributed by atoms with Gasteiger partial charge in [-0.05, 0) is 43.5 Å². The van der Waals surface area contributed by atoms with E-state index < -0.39 is 27.7 Å². The topological polar surface area (TPSA) is 103 Å². The molecule has 0 fully saturated rings. The van der Waals surface area contributed by atoms with Crippen LogP contribution in [0.2, 0.25) is 5.02 Å². The second kappa shape index (κ2) is 10.5. The number of fused-ring (bicyclic) bond motifs is 1. The molecule has 0 saturated heterocycles. The monoisotopic (exact) mass is 491 g/mol. The van der Waals surface area contributed by atoms with E-state index in [0.29, 0.717) is 18.2 Å². The van der Waals surface area contributed by atoms with Gasteiger partial charge < -0.3 is 9.15 Å². The van der Waals surface area contributed by atoms with E-state index in [9.17, 15) is 18.0 Å². The van der Waals surface area contributed by atoms with Crippen molar-refractivity contribution in [1.82, 2.24) is 4.72 Å². The molecule has 0 spiro atoms. The van der Waals surface area contributed by atoms with Crippen LogP contribution in [0.5, 0.6) is 5.75 Å². The van der Waals surface area contributed by atoms with E-state index in [1.807, 2.05) is 20.8 Å². The second-order valence-electron chi connectivity index (χ2n) is 7.82. The minimum atomic E-state index is -3.94. The first kappa shape index (κ1) is 25.0. The molecule has 0 saturated carbocycles. The van der Waals surface area contributed by atoms with Gasteiger partial charge in [-0.1, -0.05) is 56.0 Å². The van der Waals surface area contributed by atoms with Crippen LogP contribution in [0, 0.1) is 6.92 Å². The summed E-state index contributed by atoms with van der Waals surface area (Å²) in [5.41, 5.74) is 1.43. The van der Waals surface area contributed by atoms with Crippen molar-refractivity contribution in [3.8, 4) is 5.75 Å². The number of sulfonamides is 1. The van der Waals surface area contributed by atoms with Crippen molar-refractivity contribution in [3.63, 3.8) is 0 Å². The average Bonchev–Trinajstić information content (AvgIpc) is 2.75. The van der Waals surface area contributed by atoms with Crippen LogP contribution >= 0.6 is 11.6 Å². The first-order valence-corrected chi connectivity index (χ1v) is 12.6. The first-order chi connectivity index (χ1) is 15.6. The van der Waals surface area contributed by atoms with Crippen LogP contribution < -0.4 is 15.1 Å². The van der Waals surface area contributed by atoms with Crippen LogP contribution in [-0.2, 0) is 21.2 Å². The summed E-state index contributed by atoms with van der Waals surface area (Å²) in [4.78, 5) is 24.9. The van der Waals surface area contributed by atoms with Crippen molar-refractivity contribution in [1.29, 1.82) is 0 Å². The summed E-state index contributed by atoms with van der Waals surface area (Å²) < 4.78 is 38.7. The number of ether oxygens (including phenoxy) is 1. The van der Waals surface area contributed by atoms with Gasteiger partial charge in [0.25, 0.3) is 0 Å². The number of carbonyl (C=O) groups excluding carboxylic acids is 1. The molecule has 2 aromatic carbocycles. The lowest BCUT2D eigenvalue weighted by atomic mass is 10.1. The Morgan fingerprint density at radius 3 is 2.45 bits per heavy atom. The van der Waals surface area contributed by atoms with Gasteiger partial charge in [0.05, 0.1) is 9.92 Å². The number of rotatable bonds is 9. The summed E-state index contributed by atoms with van der Waals surface area (Å²) in [7, 11) is -3.94. The van der Waals surface area contributed by atoms with Gasteiger partial charge in [0.1, 0.15) is 11.6 Å². The van der Waals surface area contributed by atoms with Crippen LogP contribution in [0.15, 0.2) is 56.6 Å². The van der Waals surface area contributed by atoms with Gasteiger partial charge in [0.15, 0.2) is 5.75 Å². The fourth-order valence-corrected chi connectivity index (χ4v) is 4.87.